The maximum Gasteiger partial charge on any atom is 0.0972 e. The Hall–Kier alpha value is -0.790. The molecule has 2 heteroatoms. The number of rotatable bonds is 14. The van der Waals surface area contributed by atoms with E-state index < -0.39 is 0 Å². The number of piperidine rings is 1. The van der Waals surface area contributed by atoms with E-state index >= 15 is 0 Å². The Morgan fingerprint density at radius 2 is 1.50 bits per heavy atom. The molecule has 2 rings (SSSR count). The van der Waals surface area contributed by atoms with Gasteiger partial charge in [-0.2, -0.15) is 0 Å². The predicted molar refractivity (Wildman–Crippen MR) is 120 cm³/mol. The third-order valence-corrected chi connectivity index (χ3v) is 6.69. The first-order chi connectivity index (χ1) is 13.3. The van der Waals surface area contributed by atoms with E-state index in [0.717, 1.165) is 10.5 Å². The number of unbranched alkanes of at least 4 members (excludes halogenated alkanes) is 9. The summed E-state index contributed by atoms with van der Waals surface area (Å²) in [5.74, 6) is 0. The first-order valence-electron chi connectivity index (χ1n) is 11.8. The van der Waals surface area contributed by atoms with E-state index in [0.29, 0.717) is 0 Å². The van der Waals surface area contributed by atoms with Gasteiger partial charge < -0.3 is 12.4 Å². The third-order valence-electron chi connectivity index (χ3n) is 6.69. The van der Waals surface area contributed by atoms with Crippen molar-refractivity contribution in [3.63, 3.8) is 0 Å². The van der Waals surface area contributed by atoms with Crippen molar-refractivity contribution in [1.29, 1.82) is 0 Å². The van der Waals surface area contributed by atoms with Crippen LogP contribution in [0.4, 0.5) is 0 Å². The summed E-state index contributed by atoms with van der Waals surface area (Å²) in [6.07, 6.45) is 21.8. The van der Waals surface area contributed by atoms with E-state index in [1.165, 1.54) is 109 Å². The highest BCUT2D eigenvalue weighted by atomic mass is 35.5. The summed E-state index contributed by atoms with van der Waals surface area (Å²) in [5.41, 5.74) is 1.50. The molecule has 0 saturated carbocycles. The fourth-order valence-corrected chi connectivity index (χ4v) is 4.92. The minimum absolute atomic E-state index is 0. The number of likely N-dealkylation sites (tertiary alicyclic amines) is 1. The second kappa shape index (κ2) is 15.1. The molecule has 1 fully saturated rings. The van der Waals surface area contributed by atoms with Crippen LogP contribution in [-0.2, 0) is 6.42 Å². The molecule has 2 atom stereocenters. The van der Waals surface area contributed by atoms with Crippen molar-refractivity contribution in [1.82, 2.24) is 0 Å². The van der Waals surface area contributed by atoms with Crippen molar-refractivity contribution < 1.29 is 16.9 Å². The van der Waals surface area contributed by atoms with Gasteiger partial charge in [-0.1, -0.05) is 88.6 Å². The molecular weight excluding hydrogens is 362 g/mol. The van der Waals surface area contributed by atoms with Crippen molar-refractivity contribution >= 4 is 0 Å². The normalized spacial score (nSPS) is 21.8. The van der Waals surface area contributed by atoms with Crippen LogP contribution in [-0.4, -0.2) is 23.6 Å². The Labute approximate surface area is 181 Å². The fourth-order valence-electron chi connectivity index (χ4n) is 4.92. The summed E-state index contributed by atoms with van der Waals surface area (Å²) >= 11 is 0. The monoisotopic (exact) mass is 405 g/mol. The van der Waals surface area contributed by atoms with Gasteiger partial charge in [0.25, 0.3) is 0 Å². The molecule has 1 saturated heterocycles. The largest absolute Gasteiger partial charge is 1.00 e. The number of benzene rings is 1. The van der Waals surface area contributed by atoms with Crippen molar-refractivity contribution in [3.8, 4) is 0 Å². The maximum atomic E-state index is 4.28. The van der Waals surface area contributed by atoms with Crippen LogP contribution in [0.5, 0.6) is 0 Å². The van der Waals surface area contributed by atoms with Crippen LogP contribution in [0.15, 0.2) is 43.1 Å². The SMILES string of the molecule is C=C[N+]1(CCCCCCCCCCCC)CCCCC1Cc1ccccc1.[Cl-]. The summed E-state index contributed by atoms with van der Waals surface area (Å²) in [7, 11) is 0. The van der Waals surface area contributed by atoms with Crippen LogP contribution in [0.1, 0.15) is 96.0 Å². The highest BCUT2D eigenvalue weighted by Crippen LogP contribution is 2.30. The number of nitrogens with zero attached hydrogens (tertiary/aromatic N) is 1. The molecule has 1 aromatic rings. The van der Waals surface area contributed by atoms with Crippen LogP contribution in [0.3, 0.4) is 0 Å². The summed E-state index contributed by atoms with van der Waals surface area (Å²) < 4.78 is 1.16. The van der Waals surface area contributed by atoms with E-state index in [1.807, 2.05) is 0 Å². The lowest BCUT2D eigenvalue weighted by atomic mass is 9.92. The molecule has 160 valence electrons. The lowest BCUT2D eigenvalue weighted by Gasteiger charge is -2.45. The zero-order valence-corrected chi connectivity index (χ0v) is 19.1. The molecule has 1 heterocycles. The van der Waals surface area contributed by atoms with E-state index in [9.17, 15) is 0 Å². The molecule has 1 nitrogen and oxygen atoms in total. The molecule has 0 spiro atoms. The summed E-state index contributed by atoms with van der Waals surface area (Å²) in [4.78, 5) is 0. The second-order valence-electron chi connectivity index (χ2n) is 8.75. The van der Waals surface area contributed by atoms with E-state index in [2.05, 4.69) is 50.0 Å². The van der Waals surface area contributed by atoms with Gasteiger partial charge in [-0.05, 0) is 37.8 Å². The average molecular weight is 406 g/mol. The number of quaternary nitrogens is 1. The van der Waals surface area contributed by atoms with Crippen LogP contribution in [0.2, 0.25) is 0 Å². The van der Waals surface area contributed by atoms with Crippen molar-refractivity contribution in [2.45, 2.75) is 103 Å². The molecule has 28 heavy (non-hydrogen) atoms. The Bertz CT molecular complexity index is 500. The van der Waals surface area contributed by atoms with Gasteiger partial charge >= 0.3 is 0 Å². The van der Waals surface area contributed by atoms with E-state index in [4.69, 9.17) is 0 Å². The van der Waals surface area contributed by atoms with E-state index in [-0.39, 0.29) is 12.4 Å². The van der Waals surface area contributed by atoms with Gasteiger partial charge in [-0.15, -0.1) is 0 Å². The topological polar surface area (TPSA) is 0 Å². The third kappa shape index (κ3) is 8.70. The summed E-state index contributed by atoms with van der Waals surface area (Å²) in [6.45, 7) is 9.19. The smallest absolute Gasteiger partial charge is 0.0972 e. The molecule has 0 radical (unpaired) electrons. The van der Waals surface area contributed by atoms with Gasteiger partial charge in [0.05, 0.1) is 25.3 Å². The molecule has 0 N–H and O–H groups in total. The minimum Gasteiger partial charge on any atom is -1.00 e. The molecule has 0 aromatic heterocycles. The predicted octanol–water partition coefficient (Wildman–Crippen LogP) is 4.67. The molecule has 0 aliphatic carbocycles. The lowest BCUT2D eigenvalue weighted by molar-refractivity contribution is -0.909. The van der Waals surface area contributed by atoms with Crippen LogP contribution in [0, 0.1) is 0 Å². The summed E-state index contributed by atoms with van der Waals surface area (Å²) in [6, 6.07) is 11.8. The first kappa shape index (κ1) is 25.2. The Kier molecular flexibility index (Phi) is 13.6. The lowest BCUT2D eigenvalue weighted by Crippen LogP contribution is -3.00. The molecular formula is C26H44ClN. The molecule has 0 amide bonds. The van der Waals surface area contributed by atoms with Crippen LogP contribution in [0.25, 0.3) is 0 Å². The van der Waals surface area contributed by atoms with Gasteiger partial charge in [-0.3, -0.25) is 4.48 Å². The van der Waals surface area contributed by atoms with Gasteiger partial charge in [0, 0.05) is 12.8 Å². The molecule has 1 aliphatic rings. The maximum absolute atomic E-state index is 4.28. The molecule has 1 aromatic carbocycles. The molecule has 2 unspecified atom stereocenters. The van der Waals surface area contributed by atoms with Crippen molar-refractivity contribution in [2.75, 3.05) is 13.1 Å². The number of halogens is 1. The first-order valence-corrected chi connectivity index (χ1v) is 11.8. The Morgan fingerprint density at radius 1 is 0.893 bits per heavy atom. The van der Waals surface area contributed by atoms with Crippen LogP contribution < -0.4 is 12.4 Å². The molecule has 1 aliphatic heterocycles. The quantitative estimate of drug-likeness (QED) is 0.311. The standard InChI is InChI=1S/C26H44N.ClH/c1-3-5-6-7-8-9-10-11-12-17-22-27(4-2)23-18-16-21-26(27)24-25-19-14-13-15-20-25;/h4,13-15,19-20,26H,2-3,5-12,16-18,21-24H2,1H3;1H/q+1;/p-1. The Morgan fingerprint density at radius 3 is 2.11 bits per heavy atom. The number of hydrogen-bond donors (Lipinski definition) is 0. The van der Waals surface area contributed by atoms with Crippen LogP contribution >= 0.6 is 0 Å². The number of hydrogen-bond acceptors (Lipinski definition) is 0. The molecule has 0 bridgehead atoms. The van der Waals surface area contributed by atoms with Gasteiger partial charge in [0.2, 0.25) is 0 Å². The average Bonchev–Trinajstić information content (AvgIpc) is 2.71. The second-order valence-corrected chi connectivity index (χ2v) is 8.75. The van der Waals surface area contributed by atoms with Crippen molar-refractivity contribution in [2.24, 2.45) is 0 Å². The fraction of sp³-hybridized carbons (Fsp3) is 0.692. The Balaban J connectivity index is 0.00000392. The zero-order chi connectivity index (χ0) is 19.2. The highest BCUT2D eigenvalue weighted by Gasteiger charge is 2.36. The minimum atomic E-state index is 0. The summed E-state index contributed by atoms with van der Waals surface area (Å²) in [5, 5.41) is 0. The highest BCUT2D eigenvalue weighted by molar-refractivity contribution is 5.15. The van der Waals surface area contributed by atoms with E-state index in [1.54, 1.807) is 0 Å². The van der Waals surface area contributed by atoms with Crippen molar-refractivity contribution in [3.05, 3.63) is 48.7 Å². The van der Waals surface area contributed by atoms with Gasteiger partial charge in [0.15, 0.2) is 0 Å². The van der Waals surface area contributed by atoms with Gasteiger partial charge in [-0.25, -0.2) is 0 Å². The zero-order valence-electron chi connectivity index (χ0n) is 18.4. The van der Waals surface area contributed by atoms with Gasteiger partial charge in [0.1, 0.15) is 0 Å².